The second kappa shape index (κ2) is 3.89. The van der Waals surface area contributed by atoms with E-state index >= 15 is 0 Å². The van der Waals surface area contributed by atoms with Crippen LogP contribution < -0.4 is 0 Å². The molecule has 0 fully saturated rings. The van der Waals surface area contributed by atoms with Crippen LogP contribution in [-0.4, -0.2) is 5.78 Å². The Hall–Kier alpha value is -1.57. The lowest BCUT2D eigenvalue weighted by Crippen LogP contribution is -2.25. The minimum absolute atomic E-state index is 0.0996. The average Bonchev–Trinajstić information content (AvgIpc) is 2.27. The summed E-state index contributed by atoms with van der Waals surface area (Å²) in [5, 5.41) is 0. The maximum Gasteiger partial charge on any atom is 0.168 e. The maximum atomic E-state index is 11.8. The number of ether oxygens (including phenoxy) is 1. The minimum atomic E-state index is -0.137. The molecule has 0 bridgehead atoms. The van der Waals surface area contributed by atoms with Crippen molar-refractivity contribution in [2.45, 2.75) is 20.0 Å². The highest BCUT2D eigenvalue weighted by atomic mass is 16.5. The standard InChI is InChI=1S/C13H14O2/c1-9-8-15-13(10(2)12(9)14)11-6-4-3-5-7-11/h3-8,10,13H,1-2H3/t10-,13-/m0/s1. The van der Waals surface area contributed by atoms with Gasteiger partial charge in [0, 0.05) is 5.57 Å². The van der Waals surface area contributed by atoms with Gasteiger partial charge in [-0.3, -0.25) is 4.79 Å². The second-order valence-electron chi connectivity index (χ2n) is 3.92. The van der Waals surface area contributed by atoms with Gasteiger partial charge in [-0.1, -0.05) is 37.3 Å². The van der Waals surface area contributed by atoms with Crippen LogP contribution in [0.3, 0.4) is 0 Å². The van der Waals surface area contributed by atoms with Crippen molar-refractivity contribution >= 4 is 5.78 Å². The molecule has 0 aliphatic carbocycles. The van der Waals surface area contributed by atoms with E-state index in [0.29, 0.717) is 5.57 Å². The van der Waals surface area contributed by atoms with Gasteiger partial charge in [0.1, 0.15) is 6.10 Å². The van der Waals surface area contributed by atoms with E-state index in [-0.39, 0.29) is 17.8 Å². The largest absolute Gasteiger partial charge is 0.492 e. The van der Waals surface area contributed by atoms with Gasteiger partial charge in [-0.15, -0.1) is 0 Å². The van der Waals surface area contributed by atoms with Gasteiger partial charge >= 0.3 is 0 Å². The Kier molecular flexibility index (Phi) is 2.58. The fourth-order valence-corrected chi connectivity index (χ4v) is 1.86. The van der Waals surface area contributed by atoms with Gasteiger partial charge in [0.15, 0.2) is 5.78 Å². The fraction of sp³-hybridized carbons (Fsp3) is 0.308. The maximum absolute atomic E-state index is 11.8. The number of carbonyl (C=O) groups excluding carboxylic acids is 1. The average molecular weight is 202 g/mol. The topological polar surface area (TPSA) is 26.3 Å². The van der Waals surface area contributed by atoms with E-state index < -0.39 is 0 Å². The zero-order valence-electron chi connectivity index (χ0n) is 8.94. The van der Waals surface area contributed by atoms with Crippen molar-refractivity contribution in [2.24, 2.45) is 5.92 Å². The van der Waals surface area contributed by atoms with Gasteiger partial charge in [0.05, 0.1) is 12.2 Å². The van der Waals surface area contributed by atoms with Crippen molar-refractivity contribution in [1.29, 1.82) is 0 Å². The molecule has 15 heavy (non-hydrogen) atoms. The lowest BCUT2D eigenvalue weighted by molar-refractivity contribution is -0.124. The molecule has 0 saturated heterocycles. The third kappa shape index (κ3) is 1.80. The van der Waals surface area contributed by atoms with Gasteiger partial charge in [-0.05, 0) is 12.5 Å². The fourth-order valence-electron chi connectivity index (χ4n) is 1.86. The Morgan fingerprint density at radius 2 is 1.87 bits per heavy atom. The Bertz CT molecular complexity index is 392. The Morgan fingerprint density at radius 3 is 2.53 bits per heavy atom. The van der Waals surface area contributed by atoms with Crippen LogP contribution in [-0.2, 0) is 9.53 Å². The zero-order chi connectivity index (χ0) is 10.8. The molecule has 1 heterocycles. The summed E-state index contributed by atoms with van der Waals surface area (Å²) in [5.41, 5.74) is 1.76. The van der Waals surface area contributed by atoms with Gasteiger partial charge in [0.25, 0.3) is 0 Å². The van der Waals surface area contributed by atoms with Crippen LogP contribution in [0.4, 0.5) is 0 Å². The van der Waals surface area contributed by atoms with Crippen LogP contribution in [0.15, 0.2) is 42.2 Å². The molecule has 78 valence electrons. The van der Waals surface area contributed by atoms with E-state index in [1.807, 2.05) is 37.3 Å². The van der Waals surface area contributed by atoms with Gasteiger partial charge < -0.3 is 4.74 Å². The van der Waals surface area contributed by atoms with Crippen molar-refractivity contribution in [3.05, 3.63) is 47.7 Å². The number of hydrogen-bond donors (Lipinski definition) is 0. The number of carbonyl (C=O) groups is 1. The van der Waals surface area contributed by atoms with E-state index in [1.165, 1.54) is 0 Å². The van der Waals surface area contributed by atoms with Crippen LogP contribution in [0.1, 0.15) is 25.5 Å². The first-order valence-corrected chi connectivity index (χ1v) is 5.11. The summed E-state index contributed by atoms with van der Waals surface area (Å²) in [5.74, 6) is 0.0764. The molecule has 2 nitrogen and oxygen atoms in total. The van der Waals surface area contributed by atoms with Crippen LogP contribution in [0.25, 0.3) is 0 Å². The normalized spacial score (nSPS) is 25.7. The quantitative estimate of drug-likeness (QED) is 0.700. The third-order valence-corrected chi connectivity index (χ3v) is 2.78. The van der Waals surface area contributed by atoms with E-state index in [2.05, 4.69) is 0 Å². The molecule has 2 rings (SSSR count). The summed E-state index contributed by atoms with van der Waals surface area (Å²) < 4.78 is 5.58. The summed E-state index contributed by atoms with van der Waals surface area (Å²) in [4.78, 5) is 11.8. The predicted octanol–water partition coefficient (Wildman–Crippen LogP) is 2.87. The number of rotatable bonds is 1. The van der Waals surface area contributed by atoms with E-state index in [9.17, 15) is 4.79 Å². The minimum Gasteiger partial charge on any atom is -0.492 e. The lowest BCUT2D eigenvalue weighted by atomic mass is 9.89. The van der Waals surface area contributed by atoms with Gasteiger partial charge in [0.2, 0.25) is 0 Å². The van der Waals surface area contributed by atoms with Crippen molar-refractivity contribution in [1.82, 2.24) is 0 Å². The third-order valence-electron chi connectivity index (χ3n) is 2.78. The summed E-state index contributed by atoms with van der Waals surface area (Å²) in [6.45, 7) is 3.70. The number of Topliss-reactive ketones (excluding diaryl/α,β-unsaturated/α-hetero) is 1. The molecule has 2 atom stereocenters. The summed E-state index contributed by atoms with van der Waals surface area (Å²) in [6, 6.07) is 9.86. The highest BCUT2D eigenvalue weighted by Crippen LogP contribution is 2.32. The summed E-state index contributed by atoms with van der Waals surface area (Å²) in [6.07, 6.45) is 1.43. The van der Waals surface area contributed by atoms with Gasteiger partial charge in [-0.2, -0.15) is 0 Å². The predicted molar refractivity (Wildman–Crippen MR) is 58.2 cm³/mol. The zero-order valence-corrected chi connectivity index (χ0v) is 8.94. The van der Waals surface area contributed by atoms with Crippen LogP contribution in [0.5, 0.6) is 0 Å². The molecular weight excluding hydrogens is 188 g/mol. The molecule has 0 N–H and O–H groups in total. The molecule has 1 aromatic carbocycles. The van der Waals surface area contributed by atoms with E-state index in [0.717, 1.165) is 5.56 Å². The Balaban J connectivity index is 2.30. The first kappa shape index (κ1) is 9.97. The smallest absolute Gasteiger partial charge is 0.168 e. The molecule has 1 aromatic rings. The van der Waals surface area contributed by atoms with E-state index in [1.54, 1.807) is 13.2 Å². The Morgan fingerprint density at radius 1 is 1.20 bits per heavy atom. The summed E-state index contributed by atoms with van der Waals surface area (Å²) >= 11 is 0. The first-order chi connectivity index (χ1) is 7.20. The van der Waals surface area contributed by atoms with Crippen molar-refractivity contribution < 1.29 is 9.53 Å². The highest BCUT2D eigenvalue weighted by Gasteiger charge is 2.30. The first-order valence-electron chi connectivity index (χ1n) is 5.11. The molecule has 0 unspecified atom stereocenters. The number of benzene rings is 1. The van der Waals surface area contributed by atoms with Crippen molar-refractivity contribution in [3.8, 4) is 0 Å². The molecule has 2 heteroatoms. The SMILES string of the molecule is CC1=CO[C@H](c2ccccc2)[C@@H](C)C1=O. The van der Waals surface area contributed by atoms with E-state index in [4.69, 9.17) is 4.74 Å². The molecule has 0 aromatic heterocycles. The molecule has 0 saturated carbocycles. The molecular formula is C13H14O2. The molecule has 0 radical (unpaired) electrons. The van der Waals surface area contributed by atoms with Crippen molar-refractivity contribution in [3.63, 3.8) is 0 Å². The lowest BCUT2D eigenvalue weighted by Gasteiger charge is -2.27. The molecule has 1 aliphatic heterocycles. The molecule has 0 spiro atoms. The van der Waals surface area contributed by atoms with Gasteiger partial charge in [-0.25, -0.2) is 0 Å². The number of hydrogen-bond acceptors (Lipinski definition) is 2. The van der Waals surface area contributed by atoms with Crippen LogP contribution in [0, 0.1) is 5.92 Å². The van der Waals surface area contributed by atoms with Crippen molar-refractivity contribution in [2.75, 3.05) is 0 Å². The second-order valence-corrected chi connectivity index (χ2v) is 3.92. The Labute approximate surface area is 89.6 Å². The highest BCUT2D eigenvalue weighted by molar-refractivity contribution is 5.97. The monoisotopic (exact) mass is 202 g/mol. The summed E-state index contributed by atoms with van der Waals surface area (Å²) in [7, 11) is 0. The molecule has 1 aliphatic rings. The van der Waals surface area contributed by atoms with Crippen LogP contribution >= 0.6 is 0 Å². The van der Waals surface area contributed by atoms with Crippen LogP contribution in [0.2, 0.25) is 0 Å². The molecule has 0 amide bonds. The number of ketones is 1. The number of allylic oxidation sites excluding steroid dienone is 1.